The van der Waals surface area contributed by atoms with E-state index in [0.717, 1.165) is 22.8 Å². The first-order chi connectivity index (χ1) is 10.2. The summed E-state index contributed by atoms with van der Waals surface area (Å²) in [6.07, 6.45) is 3.73. The highest BCUT2D eigenvalue weighted by molar-refractivity contribution is 5.43. The number of hydrogen-bond acceptors (Lipinski definition) is 4. The zero-order valence-corrected chi connectivity index (χ0v) is 12.1. The van der Waals surface area contributed by atoms with Gasteiger partial charge in [-0.25, -0.2) is 4.68 Å². The molecular formula is C16H17N5. The van der Waals surface area contributed by atoms with Crippen molar-refractivity contribution in [2.45, 2.75) is 20.4 Å². The third kappa shape index (κ3) is 3.25. The van der Waals surface area contributed by atoms with Crippen molar-refractivity contribution >= 4 is 5.69 Å². The lowest BCUT2D eigenvalue weighted by Gasteiger charge is -2.04. The molecule has 0 unspecified atom stereocenters. The van der Waals surface area contributed by atoms with E-state index in [0.29, 0.717) is 6.54 Å². The first-order valence-electron chi connectivity index (χ1n) is 6.85. The fourth-order valence-electron chi connectivity index (χ4n) is 2.12. The monoisotopic (exact) mass is 279 g/mol. The van der Waals surface area contributed by atoms with Crippen molar-refractivity contribution < 1.29 is 0 Å². The van der Waals surface area contributed by atoms with Gasteiger partial charge in [0.15, 0.2) is 0 Å². The predicted octanol–water partition coefficient (Wildman–Crippen LogP) is 2.89. The molecule has 0 saturated heterocycles. The van der Waals surface area contributed by atoms with Crippen LogP contribution in [0.3, 0.4) is 0 Å². The molecule has 106 valence electrons. The minimum atomic E-state index is 0.634. The summed E-state index contributed by atoms with van der Waals surface area (Å²) in [5, 5.41) is 11.7. The molecule has 2 aromatic heterocycles. The maximum Gasteiger partial charge on any atom is 0.102 e. The number of aryl methyl sites for hydroxylation is 2. The van der Waals surface area contributed by atoms with Crippen LogP contribution in [0.4, 0.5) is 5.69 Å². The molecule has 0 spiro atoms. The lowest BCUT2D eigenvalue weighted by Crippen LogP contribution is -2.00. The summed E-state index contributed by atoms with van der Waals surface area (Å²) in [7, 11) is 0. The molecule has 0 radical (unpaired) electrons. The Kier molecular flexibility index (Phi) is 3.64. The minimum Gasteiger partial charge on any atom is -0.379 e. The number of pyridine rings is 1. The van der Waals surface area contributed by atoms with Gasteiger partial charge < -0.3 is 5.32 Å². The molecule has 0 aliphatic heterocycles. The van der Waals surface area contributed by atoms with Crippen LogP contribution in [0, 0.1) is 13.8 Å². The van der Waals surface area contributed by atoms with Gasteiger partial charge in [0.25, 0.3) is 0 Å². The number of nitrogens with zero attached hydrogens (tertiary/aromatic N) is 4. The second-order valence-electron chi connectivity index (χ2n) is 5.03. The van der Waals surface area contributed by atoms with E-state index < -0.39 is 0 Å². The topological polar surface area (TPSA) is 55.6 Å². The molecule has 0 fully saturated rings. The standard InChI is InChI=1S/C16H17N5/c1-12-4-3-5-16(8-12)21-11-15(19-20-21)10-18-14-6-7-17-13(2)9-14/h3-9,11H,10H2,1-2H3,(H,17,18). The lowest BCUT2D eigenvalue weighted by molar-refractivity contribution is 0.797. The van der Waals surface area contributed by atoms with E-state index in [1.807, 2.05) is 37.4 Å². The van der Waals surface area contributed by atoms with Crippen LogP contribution in [0.2, 0.25) is 0 Å². The van der Waals surface area contributed by atoms with Gasteiger partial charge in [-0.05, 0) is 43.7 Å². The molecule has 5 heteroatoms. The van der Waals surface area contributed by atoms with E-state index in [9.17, 15) is 0 Å². The summed E-state index contributed by atoms with van der Waals surface area (Å²) in [5.74, 6) is 0. The van der Waals surface area contributed by atoms with E-state index in [-0.39, 0.29) is 0 Å². The maximum atomic E-state index is 4.19. The van der Waals surface area contributed by atoms with Crippen LogP contribution >= 0.6 is 0 Å². The molecule has 1 N–H and O–H groups in total. The number of rotatable bonds is 4. The highest BCUT2D eigenvalue weighted by Crippen LogP contribution is 2.11. The number of aromatic nitrogens is 4. The maximum absolute atomic E-state index is 4.19. The second-order valence-corrected chi connectivity index (χ2v) is 5.03. The molecule has 3 rings (SSSR count). The Labute approximate surface area is 123 Å². The molecule has 3 aromatic rings. The number of nitrogens with one attached hydrogen (secondary N) is 1. The fraction of sp³-hybridized carbons (Fsp3) is 0.188. The van der Waals surface area contributed by atoms with Gasteiger partial charge in [-0.15, -0.1) is 5.10 Å². The largest absolute Gasteiger partial charge is 0.379 e. The van der Waals surface area contributed by atoms with Gasteiger partial charge in [-0.3, -0.25) is 4.98 Å². The van der Waals surface area contributed by atoms with Crippen LogP contribution in [0.25, 0.3) is 5.69 Å². The van der Waals surface area contributed by atoms with Gasteiger partial charge in [0, 0.05) is 17.6 Å². The van der Waals surface area contributed by atoms with Gasteiger partial charge in [-0.2, -0.15) is 0 Å². The Hall–Kier alpha value is -2.69. The smallest absolute Gasteiger partial charge is 0.102 e. The highest BCUT2D eigenvalue weighted by Gasteiger charge is 2.03. The zero-order chi connectivity index (χ0) is 14.7. The number of anilines is 1. The Morgan fingerprint density at radius 3 is 2.86 bits per heavy atom. The molecule has 5 nitrogen and oxygen atoms in total. The van der Waals surface area contributed by atoms with Crippen molar-refractivity contribution in [2.75, 3.05) is 5.32 Å². The summed E-state index contributed by atoms with van der Waals surface area (Å²) in [5.41, 5.74) is 5.14. The molecule has 0 amide bonds. The zero-order valence-electron chi connectivity index (χ0n) is 12.1. The summed E-state index contributed by atoms with van der Waals surface area (Å²) in [6.45, 7) is 4.67. The SMILES string of the molecule is Cc1cccc(-n2cc(CNc3ccnc(C)c3)nn2)c1. The average molecular weight is 279 g/mol. The number of benzene rings is 1. The summed E-state index contributed by atoms with van der Waals surface area (Å²) >= 11 is 0. The van der Waals surface area contributed by atoms with Crippen molar-refractivity contribution in [3.63, 3.8) is 0 Å². The first-order valence-corrected chi connectivity index (χ1v) is 6.85. The molecule has 0 bridgehead atoms. The van der Waals surface area contributed by atoms with Crippen molar-refractivity contribution in [2.24, 2.45) is 0 Å². The van der Waals surface area contributed by atoms with Gasteiger partial charge in [0.2, 0.25) is 0 Å². The molecule has 0 atom stereocenters. The quantitative estimate of drug-likeness (QED) is 0.798. The van der Waals surface area contributed by atoms with Crippen molar-refractivity contribution in [3.05, 3.63) is 65.7 Å². The minimum absolute atomic E-state index is 0.634. The van der Waals surface area contributed by atoms with Crippen LogP contribution in [0.1, 0.15) is 17.0 Å². The predicted molar refractivity (Wildman–Crippen MR) is 82.4 cm³/mol. The third-order valence-electron chi connectivity index (χ3n) is 3.18. The van der Waals surface area contributed by atoms with Crippen molar-refractivity contribution in [3.8, 4) is 5.69 Å². The van der Waals surface area contributed by atoms with Crippen LogP contribution in [-0.4, -0.2) is 20.0 Å². The summed E-state index contributed by atoms with van der Waals surface area (Å²) < 4.78 is 1.79. The Morgan fingerprint density at radius 1 is 1.14 bits per heavy atom. The van der Waals surface area contributed by atoms with Crippen LogP contribution < -0.4 is 5.32 Å². The van der Waals surface area contributed by atoms with E-state index in [4.69, 9.17) is 0 Å². The molecule has 0 saturated carbocycles. The van der Waals surface area contributed by atoms with Gasteiger partial charge >= 0.3 is 0 Å². The van der Waals surface area contributed by atoms with E-state index in [1.54, 1.807) is 10.9 Å². The Balaban J connectivity index is 1.71. The summed E-state index contributed by atoms with van der Waals surface area (Å²) in [4.78, 5) is 4.17. The number of hydrogen-bond donors (Lipinski definition) is 1. The van der Waals surface area contributed by atoms with Crippen molar-refractivity contribution in [1.29, 1.82) is 0 Å². The normalized spacial score (nSPS) is 10.6. The van der Waals surface area contributed by atoms with E-state index >= 15 is 0 Å². The molecule has 0 aliphatic rings. The third-order valence-corrected chi connectivity index (χ3v) is 3.18. The Morgan fingerprint density at radius 2 is 2.05 bits per heavy atom. The molecule has 2 heterocycles. The lowest BCUT2D eigenvalue weighted by atomic mass is 10.2. The summed E-state index contributed by atoms with van der Waals surface area (Å²) in [6, 6.07) is 12.1. The van der Waals surface area contributed by atoms with E-state index in [1.165, 1.54) is 5.56 Å². The fourth-order valence-corrected chi connectivity index (χ4v) is 2.12. The van der Waals surface area contributed by atoms with Gasteiger partial charge in [0.05, 0.1) is 18.4 Å². The highest BCUT2D eigenvalue weighted by atomic mass is 15.4. The van der Waals surface area contributed by atoms with Crippen LogP contribution in [0.15, 0.2) is 48.8 Å². The van der Waals surface area contributed by atoms with E-state index in [2.05, 4.69) is 39.7 Å². The van der Waals surface area contributed by atoms with Crippen molar-refractivity contribution in [1.82, 2.24) is 20.0 Å². The molecule has 21 heavy (non-hydrogen) atoms. The second kappa shape index (κ2) is 5.75. The molecular weight excluding hydrogens is 262 g/mol. The first kappa shape index (κ1) is 13.3. The van der Waals surface area contributed by atoms with Crippen LogP contribution in [0.5, 0.6) is 0 Å². The molecule has 0 aliphatic carbocycles. The Bertz CT molecular complexity index is 748. The van der Waals surface area contributed by atoms with Crippen LogP contribution in [-0.2, 0) is 6.54 Å². The van der Waals surface area contributed by atoms with Gasteiger partial charge in [0.1, 0.15) is 5.69 Å². The van der Waals surface area contributed by atoms with Gasteiger partial charge in [-0.1, -0.05) is 17.3 Å². The molecule has 1 aromatic carbocycles. The average Bonchev–Trinajstić information content (AvgIpc) is 2.94.